The molecule has 182 valence electrons. The Balaban J connectivity index is 1.51. The van der Waals surface area contributed by atoms with Gasteiger partial charge in [-0.2, -0.15) is 0 Å². The number of halogens is 2. The summed E-state index contributed by atoms with van der Waals surface area (Å²) in [6.07, 6.45) is 0.230. The van der Waals surface area contributed by atoms with E-state index in [0.29, 0.717) is 44.0 Å². The van der Waals surface area contributed by atoms with Crippen LogP contribution in [0, 0.1) is 11.6 Å². The maximum Gasteiger partial charge on any atom is 0.410 e. The lowest BCUT2D eigenvalue weighted by Gasteiger charge is -2.39. The first-order valence-electron chi connectivity index (χ1n) is 11.4. The summed E-state index contributed by atoms with van der Waals surface area (Å²) in [6.45, 7) is 7.16. The average molecular weight is 473 g/mol. The highest BCUT2D eigenvalue weighted by atomic mass is 19.1. The molecule has 1 saturated heterocycles. The fraction of sp³-hybridized carbons (Fsp3) is 0.440. The summed E-state index contributed by atoms with van der Waals surface area (Å²) in [5.74, 6) is -0.766. The van der Waals surface area contributed by atoms with Gasteiger partial charge in [-0.3, -0.25) is 4.90 Å². The summed E-state index contributed by atoms with van der Waals surface area (Å²) in [5, 5.41) is 0. The number of fused-ring (bicyclic) bond motifs is 1. The van der Waals surface area contributed by atoms with E-state index in [0.717, 1.165) is 5.69 Å². The quantitative estimate of drug-likeness (QED) is 0.618. The number of likely N-dealkylation sites (tertiary alicyclic amines) is 1. The Kier molecular flexibility index (Phi) is 6.38. The molecule has 0 saturated carbocycles. The molecule has 2 aliphatic rings. The van der Waals surface area contributed by atoms with Crippen LogP contribution in [0.15, 0.2) is 42.5 Å². The van der Waals surface area contributed by atoms with Gasteiger partial charge in [-0.1, -0.05) is 0 Å². The number of likely N-dealkylation sites (N-methyl/N-ethyl adjacent to an activating group) is 1. The van der Waals surface area contributed by atoms with E-state index in [-0.39, 0.29) is 17.9 Å². The fourth-order valence-corrected chi connectivity index (χ4v) is 4.36. The third-order valence-corrected chi connectivity index (χ3v) is 6.10. The average Bonchev–Trinajstić information content (AvgIpc) is 3.27. The second-order valence-corrected chi connectivity index (χ2v) is 9.68. The Hall–Kier alpha value is -3.36. The second-order valence-electron chi connectivity index (χ2n) is 9.68. The number of urea groups is 1. The number of hydrogen-bond donors (Lipinski definition) is 0. The monoisotopic (exact) mass is 472 g/mol. The number of ether oxygens (including phenoxy) is 1. The van der Waals surface area contributed by atoms with Gasteiger partial charge in [0.1, 0.15) is 17.2 Å². The van der Waals surface area contributed by atoms with Crippen LogP contribution >= 0.6 is 0 Å². The minimum absolute atomic E-state index is 0.146. The Bertz CT molecular complexity index is 1070. The zero-order chi connectivity index (χ0) is 24.6. The molecule has 2 aliphatic heterocycles. The van der Waals surface area contributed by atoms with E-state index >= 15 is 0 Å². The topological polar surface area (TPSA) is 56.3 Å². The van der Waals surface area contributed by atoms with Gasteiger partial charge in [0.05, 0.1) is 17.4 Å². The summed E-state index contributed by atoms with van der Waals surface area (Å²) in [4.78, 5) is 32.7. The van der Waals surface area contributed by atoms with Crippen molar-refractivity contribution >= 4 is 29.2 Å². The van der Waals surface area contributed by atoms with Gasteiger partial charge >= 0.3 is 12.1 Å². The lowest BCUT2D eigenvalue weighted by molar-refractivity contribution is 0.0230. The predicted molar refractivity (Wildman–Crippen MR) is 127 cm³/mol. The minimum Gasteiger partial charge on any atom is -0.444 e. The molecule has 2 aromatic carbocycles. The van der Waals surface area contributed by atoms with Crippen LogP contribution < -0.4 is 9.80 Å². The van der Waals surface area contributed by atoms with E-state index in [4.69, 9.17) is 4.74 Å². The number of nitrogens with zero attached hydrogens (tertiary/aromatic N) is 4. The van der Waals surface area contributed by atoms with Crippen molar-refractivity contribution in [3.05, 3.63) is 54.1 Å². The lowest BCUT2D eigenvalue weighted by Crippen LogP contribution is -2.49. The Labute approximate surface area is 198 Å². The van der Waals surface area contributed by atoms with E-state index in [1.165, 1.54) is 24.3 Å². The fourth-order valence-electron chi connectivity index (χ4n) is 4.36. The number of amides is 3. The van der Waals surface area contributed by atoms with Gasteiger partial charge < -0.3 is 19.4 Å². The molecule has 7 nitrogen and oxygen atoms in total. The highest BCUT2D eigenvalue weighted by molar-refractivity contribution is 5.98. The summed E-state index contributed by atoms with van der Waals surface area (Å²) in [7, 11) is 1.69. The van der Waals surface area contributed by atoms with E-state index in [1.807, 2.05) is 25.7 Å². The van der Waals surface area contributed by atoms with E-state index in [1.54, 1.807) is 39.9 Å². The van der Waals surface area contributed by atoms with Gasteiger partial charge in [0, 0.05) is 38.9 Å². The highest BCUT2D eigenvalue weighted by Gasteiger charge is 2.37. The predicted octanol–water partition coefficient (Wildman–Crippen LogP) is 4.98. The molecule has 1 atom stereocenters. The van der Waals surface area contributed by atoms with Gasteiger partial charge in [-0.25, -0.2) is 18.4 Å². The molecule has 2 heterocycles. The zero-order valence-electron chi connectivity index (χ0n) is 19.9. The molecule has 0 radical (unpaired) electrons. The van der Waals surface area contributed by atoms with Crippen molar-refractivity contribution < 1.29 is 23.1 Å². The highest BCUT2D eigenvalue weighted by Crippen LogP contribution is 2.39. The molecule has 0 aromatic heterocycles. The van der Waals surface area contributed by atoms with Crippen LogP contribution in [-0.4, -0.2) is 66.8 Å². The largest absolute Gasteiger partial charge is 0.444 e. The van der Waals surface area contributed by atoms with Crippen molar-refractivity contribution in [2.75, 3.05) is 43.0 Å². The third-order valence-electron chi connectivity index (χ3n) is 6.10. The number of carbonyl (C=O) groups is 2. The van der Waals surface area contributed by atoms with Gasteiger partial charge in [0.15, 0.2) is 0 Å². The first-order valence-corrected chi connectivity index (χ1v) is 11.4. The second kappa shape index (κ2) is 9.12. The molecule has 2 aromatic rings. The maximum absolute atomic E-state index is 14.2. The summed E-state index contributed by atoms with van der Waals surface area (Å²) in [5.41, 5.74) is 1.27. The molecule has 0 unspecified atom stereocenters. The smallest absolute Gasteiger partial charge is 0.410 e. The Morgan fingerprint density at radius 3 is 2.32 bits per heavy atom. The molecular formula is C25H30F2N4O3. The van der Waals surface area contributed by atoms with Crippen LogP contribution in [0.5, 0.6) is 0 Å². The van der Waals surface area contributed by atoms with Crippen molar-refractivity contribution in [3.8, 4) is 0 Å². The van der Waals surface area contributed by atoms with Gasteiger partial charge in [0.2, 0.25) is 0 Å². The van der Waals surface area contributed by atoms with Crippen LogP contribution in [-0.2, 0) is 4.74 Å². The van der Waals surface area contributed by atoms with E-state index in [9.17, 15) is 18.4 Å². The maximum atomic E-state index is 14.2. The number of hydrogen-bond acceptors (Lipinski definition) is 4. The number of rotatable bonds is 2. The van der Waals surface area contributed by atoms with Crippen molar-refractivity contribution in [1.82, 2.24) is 9.80 Å². The van der Waals surface area contributed by atoms with Gasteiger partial charge in [0.25, 0.3) is 0 Å². The van der Waals surface area contributed by atoms with Crippen LogP contribution in [0.1, 0.15) is 27.2 Å². The third kappa shape index (κ3) is 4.93. The normalized spacial score (nSPS) is 18.1. The molecule has 0 bridgehead atoms. The van der Waals surface area contributed by atoms with Crippen molar-refractivity contribution in [2.24, 2.45) is 0 Å². The number of carbonyl (C=O) groups excluding carboxylic acids is 2. The minimum atomic E-state index is -0.595. The Morgan fingerprint density at radius 1 is 0.971 bits per heavy atom. The molecule has 9 heteroatoms. The van der Waals surface area contributed by atoms with Crippen molar-refractivity contribution in [3.63, 3.8) is 0 Å². The number of anilines is 3. The van der Waals surface area contributed by atoms with E-state index < -0.39 is 17.5 Å². The van der Waals surface area contributed by atoms with Crippen LogP contribution in [0.25, 0.3) is 0 Å². The van der Waals surface area contributed by atoms with Crippen LogP contribution in [0.3, 0.4) is 0 Å². The zero-order valence-corrected chi connectivity index (χ0v) is 19.9. The molecule has 3 amide bonds. The van der Waals surface area contributed by atoms with Crippen molar-refractivity contribution in [1.29, 1.82) is 0 Å². The molecule has 1 fully saturated rings. The lowest BCUT2D eigenvalue weighted by atomic mass is 10.1. The van der Waals surface area contributed by atoms with E-state index in [2.05, 4.69) is 0 Å². The van der Waals surface area contributed by atoms with Crippen LogP contribution in [0.2, 0.25) is 0 Å². The molecule has 34 heavy (non-hydrogen) atoms. The standard InChI is InChI=1S/C25H30F2N4O3/c1-25(2,3)34-24(33)28(4)20-11-12-29(16-20)23(32)31-14-13-30(19-8-5-17(26)6-9-19)22-15-18(27)7-10-21(22)31/h5-10,15,20H,11-14,16H2,1-4H3/t20-/m0/s1. The first kappa shape index (κ1) is 23.8. The summed E-state index contributed by atoms with van der Waals surface area (Å²) >= 11 is 0. The first-order chi connectivity index (χ1) is 16.0. The molecule has 0 spiro atoms. The molecule has 0 N–H and O–H groups in total. The van der Waals surface area contributed by atoms with Crippen LogP contribution in [0.4, 0.5) is 35.4 Å². The molecular weight excluding hydrogens is 442 g/mol. The van der Waals surface area contributed by atoms with Crippen molar-refractivity contribution in [2.45, 2.75) is 38.8 Å². The Morgan fingerprint density at radius 2 is 1.65 bits per heavy atom. The molecule has 4 rings (SSSR count). The molecule has 0 aliphatic carbocycles. The SMILES string of the molecule is CN(C(=O)OC(C)(C)C)[C@H]1CCN(C(=O)N2CCN(c3ccc(F)cc3)c3cc(F)ccc32)C1. The summed E-state index contributed by atoms with van der Waals surface area (Å²) < 4.78 is 33.0. The number of benzene rings is 2. The summed E-state index contributed by atoms with van der Waals surface area (Å²) in [6, 6.07) is 9.97. The van der Waals surface area contributed by atoms with Gasteiger partial charge in [-0.15, -0.1) is 0 Å². The van der Waals surface area contributed by atoms with Gasteiger partial charge in [-0.05, 0) is 69.7 Å².